The van der Waals surface area contributed by atoms with Gasteiger partial charge in [-0.2, -0.15) is 0 Å². The fourth-order valence-corrected chi connectivity index (χ4v) is 3.35. The number of nitrogens with one attached hydrogen (secondary N) is 2. The van der Waals surface area contributed by atoms with Crippen molar-refractivity contribution in [1.82, 2.24) is 10.6 Å². The van der Waals surface area contributed by atoms with Crippen LogP contribution in [0.2, 0.25) is 0 Å². The summed E-state index contributed by atoms with van der Waals surface area (Å²) in [5.41, 5.74) is 0.861. The second-order valence-electron chi connectivity index (χ2n) is 8.11. The molecule has 1 unspecified atom stereocenters. The molecule has 0 amide bonds. The van der Waals surface area contributed by atoms with Crippen molar-refractivity contribution in [3.05, 3.63) is 29.6 Å². The largest absolute Gasteiger partial charge is 0.490 e. The van der Waals surface area contributed by atoms with Gasteiger partial charge in [0.15, 0.2) is 17.5 Å². The Balaban J connectivity index is 1.44. The number of hydrogen-bond acceptors (Lipinski definition) is 4. The Bertz CT molecular complexity index is 676. The average molecular weight is 422 g/mol. The van der Waals surface area contributed by atoms with Gasteiger partial charge in [0.05, 0.1) is 18.8 Å². The molecular formula is C23H36FN3O3. The lowest BCUT2D eigenvalue weighted by molar-refractivity contribution is -0.0318. The highest BCUT2D eigenvalue weighted by molar-refractivity contribution is 5.80. The van der Waals surface area contributed by atoms with Gasteiger partial charge in [-0.25, -0.2) is 4.39 Å². The molecule has 2 N–H and O–H groups in total. The van der Waals surface area contributed by atoms with E-state index in [0.717, 1.165) is 50.5 Å². The van der Waals surface area contributed by atoms with Gasteiger partial charge >= 0.3 is 0 Å². The fourth-order valence-electron chi connectivity index (χ4n) is 3.35. The fraction of sp³-hybridized carbons (Fsp3) is 0.696. The van der Waals surface area contributed by atoms with Gasteiger partial charge in [0.25, 0.3) is 0 Å². The number of benzene rings is 1. The van der Waals surface area contributed by atoms with Crippen LogP contribution in [-0.2, 0) is 9.47 Å². The number of nitrogens with zero attached hydrogens (tertiary/aromatic N) is 1. The van der Waals surface area contributed by atoms with Crippen molar-refractivity contribution in [2.24, 2.45) is 10.9 Å². The summed E-state index contributed by atoms with van der Waals surface area (Å²) in [5, 5.41) is 6.61. The van der Waals surface area contributed by atoms with E-state index in [9.17, 15) is 4.39 Å². The lowest BCUT2D eigenvalue weighted by Crippen LogP contribution is -2.38. The second kappa shape index (κ2) is 12.1. The zero-order chi connectivity index (χ0) is 21.2. The minimum absolute atomic E-state index is 0.0757. The van der Waals surface area contributed by atoms with Crippen molar-refractivity contribution in [2.45, 2.75) is 58.1 Å². The normalized spacial score (nSPS) is 18.8. The first kappa shape index (κ1) is 22.8. The summed E-state index contributed by atoms with van der Waals surface area (Å²) in [5.74, 6) is 1.35. The highest BCUT2D eigenvalue weighted by Crippen LogP contribution is 2.30. The molecule has 0 aromatic heterocycles. The Hall–Kier alpha value is -1.86. The van der Waals surface area contributed by atoms with Crippen molar-refractivity contribution in [1.29, 1.82) is 0 Å². The molecule has 2 aliphatic rings. The number of halogens is 1. The lowest BCUT2D eigenvalue weighted by Gasteiger charge is -2.22. The van der Waals surface area contributed by atoms with E-state index in [4.69, 9.17) is 14.2 Å². The van der Waals surface area contributed by atoms with Crippen LogP contribution in [-0.4, -0.2) is 51.6 Å². The summed E-state index contributed by atoms with van der Waals surface area (Å²) in [6, 6.07) is 5.11. The summed E-state index contributed by atoms with van der Waals surface area (Å²) in [4.78, 5) is 4.63. The lowest BCUT2D eigenvalue weighted by atomic mass is 10.1. The zero-order valence-electron chi connectivity index (χ0n) is 18.3. The number of rotatable bonds is 11. The van der Waals surface area contributed by atoms with Crippen molar-refractivity contribution in [3.8, 4) is 5.75 Å². The SMILES string of the molecule is CCNC(=NCCCOC1CCOCC1)NC(C)c1ccc(OCC2CC2)c(F)c1. The van der Waals surface area contributed by atoms with E-state index in [1.165, 1.54) is 12.8 Å². The third-order valence-electron chi connectivity index (χ3n) is 5.42. The molecule has 2 fully saturated rings. The van der Waals surface area contributed by atoms with Crippen LogP contribution in [0.15, 0.2) is 23.2 Å². The van der Waals surface area contributed by atoms with Gasteiger partial charge < -0.3 is 24.8 Å². The monoisotopic (exact) mass is 421 g/mol. The van der Waals surface area contributed by atoms with Crippen LogP contribution < -0.4 is 15.4 Å². The smallest absolute Gasteiger partial charge is 0.191 e. The van der Waals surface area contributed by atoms with Crippen molar-refractivity contribution in [2.75, 3.05) is 39.5 Å². The number of guanidine groups is 1. The van der Waals surface area contributed by atoms with Gasteiger partial charge in [0, 0.05) is 32.9 Å². The summed E-state index contributed by atoms with van der Waals surface area (Å²) in [7, 11) is 0. The summed E-state index contributed by atoms with van der Waals surface area (Å²) in [6.07, 6.45) is 5.52. The number of aliphatic imine (C=N–C) groups is 1. The van der Waals surface area contributed by atoms with Crippen LogP contribution in [0.3, 0.4) is 0 Å². The second-order valence-corrected chi connectivity index (χ2v) is 8.11. The molecule has 1 atom stereocenters. The molecule has 0 spiro atoms. The maximum atomic E-state index is 14.4. The molecular weight excluding hydrogens is 385 g/mol. The van der Waals surface area contributed by atoms with E-state index >= 15 is 0 Å². The minimum Gasteiger partial charge on any atom is -0.490 e. The third kappa shape index (κ3) is 7.76. The van der Waals surface area contributed by atoms with E-state index < -0.39 is 0 Å². The first-order valence-corrected chi connectivity index (χ1v) is 11.3. The maximum absolute atomic E-state index is 14.4. The van der Waals surface area contributed by atoms with E-state index in [1.807, 2.05) is 19.9 Å². The van der Waals surface area contributed by atoms with Gasteiger partial charge in [-0.3, -0.25) is 4.99 Å². The molecule has 6 nitrogen and oxygen atoms in total. The van der Waals surface area contributed by atoms with Crippen molar-refractivity contribution < 1.29 is 18.6 Å². The van der Waals surface area contributed by atoms with Crippen molar-refractivity contribution in [3.63, 3.8) is 0 Å². The molecule has 7 heteroatoms. The molecule has 1 aliphatic heterocycles. The van der Waals surface area contributed by atoms with E-state index in [0.29, 0.717) is 37.5 Å². The molecule has 0 radical (unpaired) electrons. The summed E-state index contributed by atoms with van der Waals surface area (Å²) in [6.45, 7) is 8.37. The number of ether oxygens (including phenoxy) is 3. The molecule has 1 saturated heterocycles. The molecule has 1 aliphatic carbocycles. The standard InChI is InChI=1S/C23H36FN3O3/c1-3-25-23(26-11-4-12-29-20-9-13-28-14-10-20)27-17(2)19-7-8-22(21(24)15-19)30-16-18-5-6-18/h7-8,15,17-18,20H,3-6,9-14,16H2,1-2H3,(H2,25,26,27). The Morgan fingerprint density at radius 3 is 2.77 bits per heavy atom. The predicted molar refractivity (Wildman–Crippen MR) is 117 cm³/mol. The molecule has 168 valence electrons. The predicted octanol–water partition coefficient (Wildman–Crippen LogP) is 3.82. The Kier molecular flexibility index (Phi) is 9.21. The van der Waals surface area contributed by atoms with E-state index in [2.05, 4.69) is 15.6 Å². The van der Waals surface area contributed by atoms with E-state index in [-0.39, 0.29) is 11.9 Å². The highest BCUT2D eigenvalue weighted by atomic mass is 19.1. The first-order valence-electron chi connectivity index (χ1n) is 11.3. The maximum Gasteiger partial charge on any atom is 0.191 e. The molecule has 1 saturated carbocycles. The zero-order valence-corrected chi connectivity index (χ0v) is 18.3. The molecule has 1 heterocycles. The molecule has 1 aromatic rings. The minimum atomic E-state index is -0.311. The van der Waals surface area contributed by atoms with Crippen LogP contribution in [0, 0.1) is 11.7 Å². The Morgan fingerprint density at radius 2 is 2.07 bits per heavy atom. The van der Waals surface area contributed by atoms with E-state index in [1.54, 1.807) is 12.1 Å². The average Bonchev–Trinajstić information content (AvgIpc) is 3.58. The van der Waals surface area contributed by atoms with Crippen LogP contribution >= 0.6 is 0 Å². The van der Waals surface area contributed by atoms with Gasteiger partial charge in [-0.05, 0) is 69.6 Å². The highest BCUT2D eigenvalue weighted by Gasteiger charge is 2.22. The topological polar surface area (TPSA) is 64.1 Å². The van der Waals surface area contributed by atoms with Crippen molar-refractivity contribution >= 4 is 5.96 Å². The third-order valence-corrected chi connectivity index (χ3v) is 5.42. The van der Waals surface area contributed by atoms with Gasteiger partial charge in [-0.1, -0.05) is 6.07 Å². The van der Waals surface area contributed by atoms with Gasteiger partial charge in [0.1, 0.15) is 0 Å². The van der Waals surface area contributed by atoms with Crippen LogP contribution in [0.25, 0.3) is 0 Å². The molecule has 30 heavy (non-hydrogen) atoms. The van der Waals surface area contributed by atoms with Crippen LogP contribution in [0.5, 0.6) is 5.75 Å². The summed E-state index contributed by atoms with van der Waals surface area (Å²) < 4.78 is 31.2. The molecule has 0 bridgehead atoms. The quantitative estimate of drug-likeness (QED) is 0.323. The van der Waals surface area contributed by atoms with Crippen LogP contribution in [0.4, 0.5) is 4.39 Å². The Labute approximate surface area is 179 Å². The Morgan fingerprint density at radius 1 is 1.27 bits per heavy atom. The van der Waals surface area contributed by atoms with Crippen LogP contribution in [0.1, 0.15) is 57.6 Å². The molecule has 3 rings (SSSR count). The summed E-state index contributed by atoms with van der Waals surface area (Å²) >= 11 is 0. The first-order chi connectivity index (χ1) is 14.7. The van der Waals surface area contributed by atoms with Gasteiger partial charge in [-0.15, -0.1) is 0 Å². The molecule has 1 aromatic carbocycles. The number of hydrogen-bond donors (Lipinski definition) is 2. The van der Waals surface area contributed by atoms with Gasteiger partial charge in [0.2, 0.25) is 0 Å².